The van der Waals surface area contributed by atoms with E-state index in [0.29, 0.717) is 6.10 Å². The average Bonchev–Trinajstić information content (AvgIpc) is 3.20. The first kappa shape index (κ1) is 17.0. The van der Waals surface area contributed by atoms with Gasteiger partial charge < -0.3 is 9.47 Å². The van der Waals surface area contributed by atoms with Gasteiger partial charge in [0.1, 0.15) is 0 Å². The zero-order chi connectivity index (χ0) is 17.9. The topological polar surface area (TPSA) is 18.5 Å². The average molecular weight is 346 g/mol. The molecule has 0 bridgehead atoms. The number of methoxy groups -OCH3 is 1. The fourth-order valence-corrected chi connectivity index (χ4v) is 4.04. The first-order chi connectivity index (χ1) is 12.8. The molecule has 0 unspecified atom stereocenters. The van der Waals surface area contributed by atoms with Gasteiger partial charge in [-0.15, -0.1) is 0 Å². The molecule has 0 aliphatic heterocycles. The number of ether oxygens (including phenoxy) is 2. The summed E-state index contributed by atoms with van der Waals surface area (Å²) in [6.45, 7) is 2.20. The van der Waals surface area contributed by atoms with Crippen LogP contribution < -0.4 is 9.47 Å². The molecule has 2 heteroatoms. The van der Waals surface area contributed by atoms with Crippen molar-refractivity contribution in [1.82, 2.24) is 0 Å². The molecule has 0 amide bonds. The van der Waals surface area contributed by atoms with Gasteiger partial charge in [-0.1, -0.05) is 49.4 Å². The van der Waals surface area contributed by atoms with Crippen molar-refractivity contribution < 1.29 is 9.47 Å². The molecule has 3 aromatic rings. The van der Waals surface area contributed by atoms with Gasteiger partial charge in [0.2, 0.25) is 0 Å². The highest BCUT2D eigenvalue weighted by molar-refractivity contribution is 5.97. The second kappa shape index (κ2) is 7.41. The molecular weight excluding hydrogens is 320 g/mol. The van der Waals surface area contributed by atoms with Crippen LogP contribution in [0.25, 0.3) is 21.9 Å². The molecule has 4 rings (SSSR count). The Kier molecular flexibility index (Phi) is 4.83. The summed E-state index contributed by atoms with van der Waals surface area (Å²) in [7, 11) is 1.73. The summed E-state index contributed by atoms with van der Waals surface area (Å²) in [5, 5.41) is 2.54. The summed E-state index contributed by atoms with van der Waals surface area (Å²) in [6, 6.07) is 19.4. The van der Waals surface area contributed by atoms with Gasteiger partial charge in [0.25, 0.3) is 0 Å². The van der Waals surface area contributed by atoms with E-state index in [1.807, 2.05) is 0 Å². The van der Waals surface area contributed by atoms with E-state index in [9.17, 15) is 0 Å². The molecule has 2 nitrogen and oxygen atoms in total. The van der Waals surface area contributed by atoms with Gasteiger partial charge in [0.05, 0.1) is 13.2 Å². The lowest BCUT2D eigenvalue weighted by atomic mass is 9.93. The largest absolute Gasteiger partial charge is 0.493 e. The quantitative estimate of drug-likeness (QED) is 0.532. The zero-order valence-electron chi connectivity index (χ0n) is 15.6. The number of hydrogen-bond donors (Lipinski definition) is 0. The highest BCUT2D eigenvalue weighted by Crippen LogP contribution is 2.40. The van der Waals surface area contributed by atoms with Gasteiger partial charge in [0.15, 0.2) is 11.5 Å². The molecule has 1 fully saturated rings. The first-order valence-corrected chi connectivity index (χ1v) is 9.66. The highest BCUT2D eigenvalue weighted by Gasteiger charge is 2.20. The predicted molar refractivity (Wildman–Crippen MR) is 108 cm³/mol. The molecule has 26 heavy (non-hydrogen) atoms. The molecule has 0 heterocycles. The molecular formula is C24H26O2. The lowest BCUT2D eigenvalue weighted by Crippen LogP contribution is -2.12. The van der Waals surface area contributed by atoms with Gasteiger partial charge in [-0.2, -0.15) is 0 Å². The Morgan fingerprint density at radius 1 is 0.885 bits per heavy atom. The molecule has 3 aromatic carbocycles. The minimum absolute atomic E-state index is 0.331. The normalized spacial score (nSPS) is 14.7. The monoisotopic (exact) mass is 346 g/mol. The smallest absolute Gasteiger partial charge is 0.161 e. The maximum Gasteiger partial charge on any atom is 0.161 e. The lowest BCUT2D eigenvalue weighted by molar-refractivity contribution is 0.200. The lowest BCUT2D eigenvalue weighted by Gasteiger charge is -2.19. The first-order valence-electron chi connectivity index (χ1n) is 9.66. The highest BCUT2D eigenvalue weighted by atomic mass is 16.5. The van der Waals surface area contributed by atoms with Crippen LogP contribution >= 0.6 is 0 Å². The van der Waals surface area contributed by atoms with Crippen LogP contribution in [0.3, 0.4) is 0 Å². The molecule has 0 N–H and O–H groups in total. The Labute approximate surface area is 155 Å². The summed E-state index contributed by atoms with van der Waals surface area (Å²) in [5.41, 5.74) is 3.79. The summed E-state index contributed by atoms with van der Waals surface area (Å²) in [4.78, 5) is 0. The molecule has 0 atom stereocenters. The fourth-order valence-electron chi connectivity index (χ4n) is 4.04. The summed E-state index contributed by atoms with van der Waals surface area (Å²) >= 11 is 0. The van der Waals surface area contributed by atoms with Crippen molar-refractivity contribution in [3.8, 4) is 22.6 Å². The Hall–Kier alpha value is -2.48. The van der Waals surface area contributed by atoms with Crippen LogP contribution in [-0.4, -0.2) is 13.2 Å². The summed E-state index contributed by atoms with van der Waals surface area (Å²) < 4.78 is 12.0. The van der Waals surface area contributed by atoms with Gasteiger partial charge in [-0.25, -0.2) is 0 Å². The molecule has 1 saturated carbocycles. The summed E-state index contributed by atoms with van der Waals surface area (Å²) in [5.74, 6) is 1.72. The minimum Gasteiger partial charge on any atom is -0.493 e. The van der Waals surface area contributed by atoms with E-state index in [4.69, 9.17) is 9.47 Å². The number of aryl methyl sites for hydroxylation is 1. The second-order valence-corrected chi connectivity index (χ2v) is 7.06. The van der Waals surface area contributed by atoms with E-state index < -0.39 is 0 Å². The number of benzene rings is 3. The molecule has 134 valence electrons. The van der Waals surface area contributed by atoms with Crippen molar-refractivity contribution in [3.05, 3.63) is 60.2 Å². The van der Waals surface area contributed by atoms with E-state index in [1.54, 1.807) is 7.11 Å². The third kappa shape index (κ3) is 3.16. The van der Waals surface area contributed by atoms with E-state index >= 15 is 0 Å². The van der Waals surface area contributed by atoms with Crippen LogP contribution in [0.4, 0.5) is 0 Å². The Bertz CT molecular complexity index is 902. The second-order valence-electron chi connectivity index (χ2n) is 7.06. The number of rotatable bonds is 5. The third-order valence-corrected chi connectivity index (χ3v) is 5.45. The van der Waals surface area contributed by atoms with Crippen LogP contribution in [0.15, 0.2) is 54.6 Å². The van der Waals surface area contributed by atoms with Crippen molar-refractivity contribution >= 4 is 10.8 Å². The van der Waals surface area contributed by atoms with Crippen molar-refractivity contribution in [3.63, 3.8) is 0 Å². The Balaban J connectivity index is 1.82. The molecule has 0 radical (unpaired) electrons. The van der Waals surface area contributed by atoms with Crippen LogP contribution in [0.5, 0.6) is 11.5 Å². The molecule has 0 spiro atoms. The SMILES string of the molecule is CCc1cc(OC2CCCC2)c(OC)cc1-c1cccc2ccccc12. The van der Waals surface area contributed by atoms with Crippen molar-refractivity contribution in [2.75, 3.05) is 7.11 Å². The predicted octanol–water partition coefficient (Wildman–Crippen LogP) is 6.40. The van der Waals surface area contributed by atoms with Gasteiger partial charge in [-0.3, -0.25) is 0 Å². The van der Waals surface area contributed by atoms with Gasteiger partial charge in [-0.05, 0) is 71.7 Å². The van der Waals surface area contributed by atoms with E-state index in [1.165, 1.54) is 40.3 Å². The fraction of sp³-hybridized carbons (Fsp3) is 0.333. The molecule has 0 aromatic heterocycles. The van der Waals surface area contributed by atoms with Crippen molar-refractivity contribution in [1.29, 1.82) is 0 Å². The van der Waals surface area contributed by atoms with Crippen LogP contribution in [0.1, 0.15) is 38.2 Å². The van der Waals surface area contributed by atoms with Crippen LogP contribution in [0.2, 0.25) is 0 Å². The van der Waals surface area contributed by atoms with Crippen molar-refractivity contribution in [2.24, 2.45) is 0 Å². The number of hydrogen-bond acceptors (Lipinski definition) is 2. The maximum absolute atomic E-state index is 6.29. The van der Waals surface area contributed by atoms with E-state index in [0.717, 1.165) is 30.8 Å². The maximum atomic E-state index is 6.29. The van der Waals surface area contributed by atoms with Gasteiger partial charge in [0, 0.05) is 0 Å². The van der Waals surface area contributed by atoms with Gasteiger partial charge >= 0.3 is 0 Å². The number of fused-ring (bicyclic) bond motifs is 1. The van der Waals surface area contributed by atoms with Crippen molar-refractivity contribution in [2.45, 2.75) is 45.1 Å². The third-order valence-electron chi connectivity index (χ3n) is 5.45. The van der Waals surface area contributed by atoms with Crippen LogP contribution in [0, 0.1) is 0 Å². The summed E-state index contributed by atoms with van der Waals surface area (Å²) in [6.07, 6.45) is 6.12. The van der Waals surface area contributed by atoms with Crippen LogP contribution in [-0.2, 0) is 6.42 Å². The molecule has 0 saturated heterocycles. The molecule has 1 aliphatic carbocycles. The van der Waals surface area contributed by atoms with E-state index in [-0.39, 0.29) is 0 Å². The Morgan fingerprint density at radius 2 is 1.65 bits per heavy atom. The van der Waals surface area contributed by atoms with E-state index in [2.05, 4.69) is 61.5 Å². The molecule has 1 aliphatic rings. The minimum atomic E-state index is 0.331. The standard InChI is InChI=1S/C24H26O2/c1-3-17-15-24(26-19-11-5-6-12-19)23(25-2)16-22(17)21-14-8-10-18-9-4-7-13-20(18)21/h4,7-10,13-16,19H,3,5-6,11-12H2,1-2H3. The zero-order valence-corrected chi connectivity index (χ0v) is 15.6. The Morgan fingerprint density at radius 3 is 2.42 bits per heavy atom.